The number of likely N-dealkylation sites (tertiary alicyclic amines) is 2. The highest BCUT2D eigenvalue weighted by atomic mass is 16.2. The molecule has 2 saturated heterocycles. The predicted octanol–water partition coefficient (Wildman–Crippen LogP) is 0.952. The minimum atomic E-state index is -0.457. The first kappa shape index (κ1) is 18.4. The second kappa shape index (κ2) is 6.88. The van der Waals surface area contributed by atoms with E-state index in [1.54, 1.807) is 24.5 Å². The molecular formula is C19H25N7O2. The van der Waals surface area contributed by atoms with E-state index in [1.807, 2.05) is 30.6 Å². The maximum atomic E-state index is 13.0. The number of fused-ring (bicyclic) bond motifs is 1. The Hall–Kier alpha value is -2.97. The molecule has 9 nitrogen and oxygen atoms in total. The normalized spacial score (nSPS) is 23.9. The van der Waals surface area contributed by atoms with Crippen LogP contribution < -0.4 is 5.32 Å². The smallest absolute Gasteiger partial charge is 0.317 e. The van der Waals surface area contributed by atoms with Gasteiger partial charge in [0.1, 0.15) is 5.82 Å². The lowest BCUT2D eigenvalue weighted by Gasteiger charge is -2.27. The molecule has 2 aromatic rings. The van der Waals surface area contributed by atoms with E-state index >= 15 is 0 Å². The zero-order valence-corrected chi connectivity index (χ0v) is 16.3. The average Bonchev–Trinajstić information content (AvgIpc) is 3.33. The Kier molecular flexibility index (Phi) is 4.52. The molecule has 0 unspecified atom stereocenters. The van der Waals surface area contributed by atoms with Crippen molar-refractivity contribution >= 4 is 11.9 Å². The highest BCUT2D eigenvalue weighted by Gasteiger charge is 2.57. The first-order valence-electron chi connectivity index (χ1n) is 9.53. The average molecular weight is 383 g/mol. The molecule has 4 rings (SSSR count). The Labute approximate surface area is 163 Å². The summed E-state index contributed by atoms with van der Waals surface area (Å²) in [4.78, 5) is 37.8. The number of pyridine rings is 1. The van der Waals surface area contributed by atoms with Gasteiger partial charge in [-0.25, -0.2) is 9.78 Å². The molecule has 0 aliphatic carbocycles. The van der Waals surface area contributed by atoms with Crippen molar-refractivity contribution in [3.05, 3.63) is 41.7 Å². The number of aromatic amines is 1. The second-order valence-electron chi connectivity index (χ2n) is 8.00. The molecule has 2 atom stereocenters. The molecule has 2 aliphatic heterocycles. The van der Waals surface area contributed by atoms with E-state index in [0.29, 0.717) is 37.6 Å². The summed E-state index contributed by atoms with van der Waals surface area (Å²) in [6.45, 7) is 7.87. The van der Waals surface area contributed by atoms with Crippen LogP contribution in [0.4, 0.5) is 4.79 Å². The van der Waals surface area contributed by atoms with Gasteiger partial charge in [-0.3, -0.25) is 14.9 Å². The van der Waals surface area contributed by atoms with Crippen molar-refractivity contribution in [3.8, 4) is 0 Å². The Morgan fingerprint density at radius 1 is 1.21 bits per heavy atom. The van der Waals surface area contributed by atoms with Crippen LogP contribution in [-0.2, 0) is 5.41 Å². The third kappa shape index (κ3) is 3.10. The van der Waals surface area contributed by atoms with Gasteiger partial charge in [-0.1, -0.05) is 0 Å². The van der Waals surface area contributed by atoms with Gasteiger partial charge in [0.05, 0.1) is 5.41 Å². The lowest BCUT2D eigenvalue weighted by molar-refractivity contribution is 0.0772. The number of rotatable bonds is 3. The maximum Gasteiger partial charge on any atom is 0.317 e. The van der Waals surface area contributed by atoms with Gasteiger partial charge in [-0.05, 0) is 32.9 Å². The number of aromatic nitrogens is 4. The number of carbonyl (C=O) groups is 2. The highest BCUT2D eigenvalue weighted by Crippen LogP contribution is 2.44. The third-order valence-corrected chi connectivity index (χ3v) is 5.57. The van der Waals surface area contributed by atoms with Gasteiger partial charge in [0.2, 0.25) is 0 Å². The molecule has 2 aliphatic rings. The number of carbonyl (C=O) groups excluding carboxylic acids is 2. The summed E-state index contributed by atoms with van der Waals surface area (Å²) >= 11 is 0. The van der Waals surface area contributed by atoms with Crippen LogP contribution in [0.2, 0.25) is 0 Å². The zero-order valence-electron chi connectivity index (χ0n) is 16.3. The molecule has 2 fully saturated rings. The van der Waals surface area contributed by atoms with Gasteiger partial charge < -0.3 is 15.1 Å². The van der Waals surface area contributed by atoms with Crippen molar-refractivity contribution in [2.75, 3.05) is 26.2 Å². The van der Waals surface area contributed by atoms with E-state index in [4.69, 9.17) is 0 Å². The van der Waals surface area contributed by atoms with E-state index < -0.39 is 5.41 Å². The summed E-state index contributed by atoms with van der Waals surface area (Å²) in [5.41, 5.74) is 0.160. The van der Waals surface area contributed by atoms with Crippen molar-refractivity contribution in [3.63, 3.8) is 0 Å². The molecule has 0 spiro atoms. The molecule has 0 radical (unpaired) electrons. The molecule has 9 heteroatoms. The molecule has 0 saturated carbocycles. The van der Waals surface area contributed by atoms with Crippen LogP contribution in [0, 0.1) is 12.8 Å². The third-order valence-electron chi connectivity index (χ3n) is 5.57. The fraction of sp³-hybridized carbons (Fsp3) is 0.526. The molecule has 0 aromatic carbocycles. The minimum Gasteiger partial charge on any atom is -0.337 e. The van der Waals surface area contributed by atoms with Crippen LogP contribution in [-0.4, -0.2) is 74.1 Å². The Morgan fingerprint density at radius 3 is 2.54 bits per heavy atom. The molecule has 148 valence electrons. The number of amides is 3. The van der Waals surface area contributed by atoms with E-state index in [9.17, 15) is 9.59 Å². The summed E-state index contributed by atoms with van der Waals surface area (Å²) in [5, 5.41) is 10.3. The summed E-state index contributed by atoms with van der Waals surface area (Å²) < 4.78 is 0. The van der Waals surface area contributed by atoms with E-state index in [1.165, 1.54) is 0 Å². The van der Waals surface area contributed by atoms with Gasteiger partial charge in [0.25, 0.3) is 5.91 Å². The molecular weight excluding hydrogens is 358 g/mol. The molecule has 0 bridgehead atoms. The van der Waals surface area contributed by atoms with E-state index in [2.05, 4.69) is 25.5 Å². The van der Waals surface area contributed by atoms with Crippen LogP contribution in [0.3, 0.4) is 0 Å². The van der Waals surface area contributed by atoms with Gasteiger partial charge in [-0.2, -0.15) is 5.10 Å². The van der Waals surface area contributed by atoms with Gasteiger partial charge >= 0.3 is 6.03 Å². The highest BCUT2D eigenvalue weighted by molar-refractivity contribution is 5.94. The van der Waals surface area contributed by atoms with Crippen molar-refractivity contribution in [2.45, 2.75) is 32.2 Å². The second-order valence-corrected chi connectivity index (χ2v) is 8.00. The van der Waals surface area contributed by atoms with Crippen molar-refractivity contribution < 1.29 is 9.59 Å². The number of urea groups is 1. The van der Waals surface area contributed by atoms with Crippen molar-refractivity contribution in [1.29, 1.82) is 0 Å². The summed E-state index contributed by atoms with van der Waals surface area (Å²) in [5.74, 6) is 1.47. The van der Waals surface area contributed by atoms with Crippen LogP contribution in [0.15, 0.2) is 24.5 Å². The SMILES string of the molecule is Cc1nc([C@]23CN(C(=O)NC(C)C)C[C@H]2CN(C(=O)c2ccncc2)C3)n[nH]1. The standard InChI is InChI=1S/C19H25N7O2/c1-12(2)21-18(28)26-9-15-8-25(16(27)14-4-6-20-7-5-14)10-19(15,11-26)17-22-13(3)23-24-17/h4-7,12,15H,8-11H2,1-3H3,(H,21,28)(H,22,23,24)/t15-,19-/m1/s1. The van der Waals surface area contributed by atoms with Gasteiger partial charge in [0, 0.05) is 56.1 Å². The van der Waals surface area contributed by atoms with Crippen LogP contribution in [0.1, 0.15) is 35.9 Å². The zero-order chi connectivity index (χ0) is 19.9. The quantitative estimate of drug-likeness (QED) is 0.821. The topological polar surface area (TPSA) is 107 Å². The lowest BCUT2D eigenvalue weighted by atomic mass is 9.80. The Morgan fingerprint density at radius 2 is 1.89 bits per heavy atom. The molecule has 2 N–H and O–H groups in total. The van der Waals surface area contributed by atoms with Crippen LogP contribution in [0.25, 0.3) is 0 Å². The predicted molar refractivity (Wildman–Crippen MR) is 102 cm³/mol. The summed E-state index contributed by atoms with van der Waals surface area (Å²) in [7, 11) is 0. The number of hydrogen-bond donors (Lipinski definition) is 2. The monoisotopic (exact) mass is 383 g/mol. The summed E-state index contributed by atoms with van der Waals surface area (Å²) in [6, 6.07) is 3.44. The molecule has 3 amide bonds. The minimum absolute atomic E-state index is 0.0263. The van der Waals surface area contributed by atoms with Crippen molar-refractivity contribution in [1.82, 2.24) is 35.3 Å². The van der Waals surface area contributed by atoms with Crippen LogP contribution in [0.5, 0.6) is 0 Å². The van der Waals surface area contributed by atoms with E-state index in [0.717, 1.165) is 5.82 Å². The number of H-pyrrole nitrogens is 1. The van der Waals surface area contributed by atoms with Gasteiger partial charge in [0.15, 0.2) is 5.82 Å². The maximum absolute atomic E-state index is 13.0. The first-order chi connectivity index (χ1) is 13.4. The summed E-state index contributed by atoms with van der Waals surface area (Å²) in [6.07, 6.45) is 3.24. The Balaban J connectivity index is 1.61. The molecule has 28 heavy (non-hydrogen) atoms. The number of nitrogens with zero attached hydrogens (tertiary/aromatic N) is 5. The number of aryl methyl sites for hydroxylation is 1. The van der Waals surface area contributed by atoms with E-state index in [-0.39, 0.29) is 23.9 Å². The number of nitrogens with one attached hydrogen (secondary N) is 2. The molecule has 2 aromatic heterocycles. The number of hydrogen-bond acceptors (Lipinski definition) is 5. The van der Waals surface area contributed by atoms with Gasteiger partial charge in [-0.15, -0.1) is 0 Å². The fourth-order valence-electron chi connectivity index (χ4n) is 4.27. The molecule has 4 heterocycles. The first-order valence-corrected chi connectivity index (χ1v) is 9.53. The van der Waals surface area contributed by atoms with Crippen LogP contribution >= 0.6 is 0 Å². The Bertz CT molecular complexity index is 881. The van der Waals surface area contributed by atoms with Crippen molar-refractivity contribution in [2.24, 2.45) is 5.92 Å². The lowest BCUT2D eigenvalue weighted by Crippen LogP contribution is -2.46. The fourth-order valence-corrected chi connectivity index (χ4v) is 4.27. The largest absolute Gasteiger partial charge is 0.337 e.